The molecule has 70 heavy (non-hydrogen) atoms. The van der Waals surface area contributed by atoms with Gasteiger partial charge in [-0.2, -0.15) is 10.2 Å². The minimum absolute atomic E-state index is 0.130. The summed E-state index contributed by atoms with van der Waals surface area (Å²) >= 11 is 3.52. The SMILES string of the molecule is Cc1c2nc3n1Cc1cccc(c1)N=Nc1cc(cc(-c4ccc5c(c4)Sc4ccccc4S5)c1)Cn1c(nc(c1C)C(=O)N[C@@H](C(C)C)C(=O)N[C@H]3C(C)C)[C@H](C(C)C)NC(=O)[C@H](C(C)C)NC2=O. The number of amides is 4. The van der Waals surface area contributed by atoms with E-state index in [1.54, 1.807) is 23.5 Å². The van der Waals surface area contributed by atoms with Crippen molar-refractivity contribution in [1.82, 2.24) is 40.4 Å². The molecule has 0 spiro atoms. The molecule has 6 heterocycles. The molecule has 6 aromatic rings. The third-order valence-electron chi connectivity index (χ3n) is 13.3. The van der Waals surface area contributed by atoms with E-state index in [1.165, 1.54) is 14.7 Å². The van der Waals surface area contributed by atoms with Crippen LogP contribution in [0.5, 0.6) is 0 Å². The molecule has 0 radical (unpaired) electrons. The Balaban J connectivity index is 1.28. The summed E-state index contributed by atoms with van der Waals surface area (Å²) in [6, 6.07) is 25.5. The molecule has 0 saturated carbocycles. The predicted octanol–water partition coefficient (Wildman–Crippen LogP) is 10.7. The Labute approximate surface area is 417 Å². The number of aromatic nitrogens is 4. The molecule has 0 aliphatic carbocycles. The number of benzene rings is 4. The highest BCUT2D eigenvalue weighted by Crippen LogP contribution is 2.49. The smallest absolute Gasteiger partial charge is 0.272 e. The first-order valence-electron chi connectivity index (χ1n) is 24.0. The van der Waals surface area contributed by atoms with Gasteiger partial charge >= 0.3 is 0 Å². The number of azo groups is 1. The molecule has 0 fully saturated rings. The highest BCUT2D eigenvalue weighted by atomic mass is 32.2. The van der Waals surface area contributed by atoms with Crippen molar-refractivity contribution >= 4 is 58.5 Å². The van der Waals surface area contributed by atoms with Crippen molar-refractivity contribution in [3.05, 3.63) is 130 Å². The third kappa shape index (κ3) is 9.67. The summed E-state index contributed by atoms with van der Waals surface area (Å²) in [5, 5.41) is 22.3. The highest BCUT2D eigenvalue weighted by molar-refractivity contribution is 8.05. The van der Waals surface area contributed by atoms with E-state index in [1.807, 2.05) is 115 Å². The fourth-order valence-corrected chi connectivity index (χ4v) is 11.6. The molecule has 0 unspecified atom stereocenters. The number of hydrogen-bond acceptors (Lipinski definition) is 10. The number of carbonyl (C=O) groups is 4. The molecule has 4 aliphatic heterocycles. The van der Waals surface area contributed by atoms with Crippen LogP contribution < -0.4 is 21.3 Å². The zero-order chi connectivity index (χ0) is 49.7. The Bertz CT molecular complexity index is 3080. The Hall–Kier alpha value is -6.52. The maximum absolute atomic E-state index is 14.8. The molecule has 2 aromatic heterocycles. The summed E-state index contributed by atoms with van der Waals surface area (Å²) < 4.78 is 3.91. The average molecular weight is 977 g/mol. The maximum Gasteiger partial charge on any atom is 0.272 e. The lowest BCUT2D eigenvalue weighted by atomic mass is 9.99. The van der Waals surface area contributed by atoms with Gasteiger partial charge in [-0.25, -0.2) is 9.97 Å². The first-order chi connectivity index (χ1) is 33.4. The van der Waals surface area contributed by atoms with Crippen molar-refractivity contribution in [2.75, 3.05) is 0 Å². The van der Waals surface area contributed by atoms with E-state index < -0.39 is 47.8 Å². The molecule has 14 nitrogen and oxygen atoms in total. The second-order valence-electron chi connectivity index (χ2n) is 19.9. The van der Waals surface area contributed by atoms with Gasteiger partial charge in [0.25, 0.3) is 11.8 Å². The molecule has 0 saturated heterocycles. The Morgan fingerprint density at radius 1 is 0.486 bits per heavy atom. The molecule has 4 aliphatic rings. The highest BCUT2D eigenvalue weighted by Gasteiger charge is 2.37. The van der Waals surface area contributed by atoms with Crippen LogP contribution in [0.2, 0.25) is 0 Å². The van der Waals surface area contributed by atoms with Gasteiger partial charge in [0, 0.05) is 44.1 Å². The van der Waals surface area contributed by atoms with E-state index >= 15 is 0 Å². The van der Waals surface area contributed by atoms with Gasteiger partial charge in [-0.05, 0) is 114 Å². The summed E-state index contributed by atoms with van der Waals surface area (Å²) in [4.78, 5) is 73.5. The van der Waals surface area contributed by atoms with E-state index in [0.717, 1.165) is 27.1 Å². The Morgan fingerprint density at radius 3 is 1.51 bits per heavy atom. The van der Waals surface area contributed by atoms with Gasteiger partial charge in [-0.1, -0.05) is 109 Å². The Kier molecular flexibility index (Phi) is 13.7. The van der Waals surface area contributed by atoms with Gasteiger partial charge < -0.3 is 30.4 Å². The average Bonchev–Trinajstić information content (AvgIpc) is 3.82. The predicted molar refractivity (Wildman–Crippen MR) is 273 cm³/mol. The van der Waals surface area contributed by atoms with Crippen molar-refractivity contribution in [2.24, 2.45) is 33.9 Å². The fourth-order valence-electron chi connectivity index (χ4n) is 9.34. The molecule has 16 heteroatoms. The largest absolute Gasteiger partial charge is 0.344 e. The van der Waals surface area contributed by atoms with Gasteiger partial charge in [0.15, 0.2) is 0 Å². The zero-order valence-electron chi connectivity index (χ0n) is 41.2. The second kappa shape index (κ2) is 19.7. The molecular formula is C54H60N10O4S2. The van der Waals surface area contributed by atoms with E-state index in [4.69, 9.17) is 20.2 Å². The van der Waals surface area contributed by atoms with Crippen molar-refractivity contribution in [3.8, 4) is 11.1 Å². The van der Waals surface area contributed by atoms with Crippen molar-refractivity contribution in [2.45, 2.75) is 126 Å². The second-order valence-corrected chi connectivity index (χ2v) is 22.1. The van der Waals surface area contributed by atoms with Crippen LogP contribution in [0.4, 0.5) is 11.4 Å². The normalized spacial score (nSPS) is 19.5. The minimum atomic E-state index is -0.963. The van der Waals surface area contributed by atoms with Gasteiger partial charge in [0.05, 0.1) is 23.5 Å². The van der Waals surface area contributed by atoms with Crippen LogP contribution in [-0.2, 0) is 22.7 Å². The van der Waals surface area contributed by atoms with Crippen LogP contribution in [0, 0.1) is 37.5 Å². The number of imidazole rings is 2. The van der Waals surface area contributed by atoms with Crippen molar-refractivity contribution < 1.29 is 19.2 Å². The number of carbonyl (C=O) groups excluding carboxylic acids is 4. The molecule has 4 atom stereocenters. The fraction of sp³-hybridized carbons (Fsp3) is 0.370. The summed E-state index contributed by atoms with van der Waals surface area (Å²) in [5.41, 5.74) is 6.26. The molecule has 362 valence electrons. The van der Waals surface area contributed by atoms with Gasteiger partial charge in [0.2, 0.25) is 11.8 Å². The molecule has 10 bridgehead atoms. The van der Waals surface area contributed by atoms with Crippen LogP contribution in [0.3, 0.4) is 0 Å². The van der Waals surface area contributed by atoms with Gasteiger partial charge in [-0.15, -0.1) is 0 Å². The number of fused-ring (bicyclic) bond motifs is 12. The summed E-state index contributed by atoms with van der Waals surface area (Å²) in [5.74, 6) is -2.00. The lowest BCUT2D eigenvalue weighted by molar-refractivity contribution is -0.125. The zero-order valence-corrected chi connectivity index (χ0v) is 42.9. The maximum atomic E-state index is 14.8. The van der Waals surface area contributed by atoms with E-state index in [9.17, 15) is 19.2 Å². The van der Waals surface area contributed by atoms with Crippen LogP contribution in [0.15, 0.2) is 115 Å². The number of nitrogens with one attached hydrogen (secondary N) is 4. The molecule has 10 rings (SSSR count). The monoisotopic (exact) mass is 976 g/mol. The summed E-state index contributed by atoms with van der Waals surface area (Å²) in [6.45, 7) is 19.6. The first kappa shape index (κ1) is 48.5. The molecule has 4 amide bonds. The van der Waals surface area contributed by atoms with Crippen LogP contribution >= 0.6 is 23.5 Å². The quantitative estimate of drug-likeness (QED) is 0.132. The van der Waals surface area contributed by atoms with E-state index in [0.29, 0.717) is 34.4 Å². The number of hydrogen-bond donors (Lipinski definition) is 4. The molecule has 4 aromatic carbocycles. The topological polar surface area (TPSA) is 177 Å². The van der Waals surface area contributed by atoms with Crippen LogP contribution in [0.1, 0.15) is 123 Å². The lowest BCUT2D eigenvalue weighted by Gasteiger charge is -2.28. The third-order valence-corrected chi connectivity index (χ3v) is 15.8. The number of nitrogens with zero attached hydrogens (tertiary/aromatic N) is 6. The molecular weight excluding hydrogens is 917 g/mol. The van der Waals surface area contributed by atoms with E-state index in [2.05, 4.69) is 69.8 Å². The van der Waals surface area contributed by atoms with E-state index in [-0.39, 0.29) is 48.1 Å². The van der Waals surface area contributed by atoms with Gasteiger partial charge in [-0.3, -0.25) is 19.2 Å². The van der Waals surface area contributed by atoms with Gasteiger partial charge in [0.1, 0.15) is 35.1 Å². The standard InChI is InChI=1S/C54H60N10O4S2/c1-27(2)43-49-55-47-31(9)63(49)25-33-14-13-15-37(21-33)61-62-38-22-34(20-36(23-38)35-18-19-41-42(24-35)70-40-17-12-11-16-39(40)69-41)26-64-32(10)48(54(68)60-45(29(5)6)51(65)57-43)56-50(64)44(28(3)4)58-52(66)46(30(7)8)59-53(47)67/h11-24,27-30,43-46H,25-26H2,1-10H3,(H,57,65)(H,58,66)(H,59,67)(H,60,68)/t43-,44-,45-,46-/m0/s1. The lowest BCUT2D eigenvalue weighted by Crippen LogP contribution is -2.52. The minimum Gasteiger partial charge on any atom is -0.344 e. The molecule has 4 N–H and O–H groups in total. The van der Waals surface area contributed by atoms with Crippen LogP contribution in [-0.4, -0.2) is 54.8 Å². The Morgan fingerprint density at radius 2 is 0.971 bits per heavy atom. The van der Waals surface area contributed by atoms with Crippen LogP contribution in [0.25, 0.3) is 11.1 Å². The first-order valence-corrected chi connectivity index (χ1v) is 25.7. The van der Waals surface area contributed by atoms with Crippen molar-refractivity contribution in [3.63, 3.8) is 0 Å². The summed E-state index contributed by atoms with van der Waals surface area (Å²) in [7, 11) is 0. The van der Waals surface area contributed by atoms with Crippen molar-refractivity contribution in [1.29, 1.82) is 0 Å². The number of rotatable bonds is 5. The summed E-state index contributed by atoms with van der Waals surface area (Å²) in [6.07, 6.45) is 0.